The molecule has 0 saturated heterocycles. The van der Waals surface area contributed by atoms with Gasteiger partial charge in [-0.15, -0.1) is 0 Å². The topological polar surface area (TPSA) is 85.8 Å². The van der Waals surface area contributed by atoms with Crippen LogP contribution in [0.2, 0.25) is 0 Å². The van der Waals surface area contributed by atoms with Crippen LogP contribution in [0.25, 0.3) is 0 Å². The fraction of sp³-hybridized carbons (Fsp3) is 0.364. The molecule has 0 saturated carbocycles. The van der Waals surface area contributed by atoms with E-state index in [1.54, 1.807) is 12.1 Å². The van der Waals surface area contributed by atoms with Crippen LogP contribution in [0.15, 0.2) is 53.5 Å². The summed E-state index contributed by atoms with van der Waals surface area (Å²) in [4.78, 5) is 16.7. The number of aryl methyl sites for hydroxylation is 1. The van der Waals surface area contributed by atoms with Crippen LogP contribution in [0.3, 0.4) is 0 Å². The Morgan fingerprint density at radius 2 is 1.64 bits per heavy atom. The lowest BCUT2D eigenvalue weighted by atomic mass is 10.0. The number of nitrogens with zero attached hydrogens (tertiary/aromatic N) is 1. The molecule has 0 radical (unpaired) electrons. The predicted octanol–water partition coefficient (Wildman–Crippen LogP) is 2.79. The van der Waals surface area contributed by atoms with E-state index < -0.39 is 0 Å². The normalized spacial score (nSPS) is 12.3. The van der Waals surface area contributed by atoms with Gasteiger partial charge in [0.25, 0.3) is 5.91 Å². The molecule has 0 fully saturated rings. The molecule has 1 atom stereocenters. The molecule has 2 aromatic carbocycles. The van der Waals surface area contributed by atoms with Crippen LogP contribution < -0.4 is 16.0 Å². The van der Waals surface area contributed by atoms with E-state index in [2.05, 4.69) is 59.1 Å². The lowest BCUT2D eigenvalue weighted by Gasteiger charge is -2.14. The second-order valence-corrected chi connectivity index (χ2v) is 6.76. The highest BCUT2D eigenvalue weighted by Crippen LogP contribution is 2.16. The highest BCUT2D eigenvalue weighted by molar-refractivity contribution is 5.94. The van der Waals surface area contributed by atoms with Crippen LogP contribution >= 0.6 is 0 Å². The van der Waals surface area contributed by atoms with Gasteiger partial charge in [0.15, 0.2) is 5.96 Å². The Kier molecular flexibility index (Phi) is 8.34. The zero-order chi connectivity index (χ0) is 20.4. The maximum atomic E-state index is 12.1. The average Bonchev–Trinajstić information content (AvgIpc) is 2.70. The number of carbonyl (C=O) groups is 1. The summed E-state index contributed by atoms with van der Waals surface area (Å²) in [6, 6.07) is 14.7. The lowest BCUT2D eigenvalue weighted by Crippen LogP contribution is -2.41. The summed E-state index contributed by atoms with van der Waals surface area (Å²) in [6.45, 7) is 8.75. The molecule has 0 spiro atoms. The monoisotopic (exact) mass is 382 g/mol. The third-order valence-electron chi connectivity index (χ3n) is 4.35. The summed E-state index contributed by atoms with van der Waals surface area (Å²) in [5, 5.41) is 18.6. The van der Waals surface area contributed by atoms with Gasteiger partial charge >= 0.3 is 0 Å². The summed E-state index contributed by atoms with van der Waals surface area (Å²) < 4.78 is 0. The van der Waals surface area contributed by atoms with Crippen LogP contribution in [0.5, 0.6) is 5.75 Å². The number of amides is 1. The van der Waals surface area contributed by atoms with Crippen molar-refractivity contribution >= 4 is 11.9 Å². The van der Waals surface area contributed by atoms with Crippen LogP contribution in [0.1, 0.15) is 41.3 Å². The number of aromatic hydroxyl groups is 1. The smallest absolute Gasteiger partial charge is 0.251 e. The van der Waals surface area contributed by atoms with E-state index in [4.69, 9.17) is 0 Å². The van der Waals surface area contributed by atoms with Crippen molar-refractivity contribution in [1.82, 2.24) is 16.0 Å². The van der Waals surface area contributed by atoms with Crippen molar-refractivity contribution in [3.63, 3.8) is 0 Å². The van der Waals surface area contributed by atoms with Crippen LogP contribution in [0, 0.1) is 6.92 Å². The summed E-state index contributed by atoms with van der Waals surface area (Å²) in [7, 11) is 0. The zero-order valence-corrected chi connectivity index (χ0v) is 16.8. The first-order valence-electron chi connectivity index (χ1n) is 9.65. The number of nitrogens with one attached hydrogen (secondary N) is 3. The van der Waals surface area contributed by atoms with Gasteiger partial charge in [-0.3, -0.25) is 9.79 Å². The molecule has 0 aliphatic carbocycles. The highest BCUT2D eigenvalue weighted by Gasteiger charge is 2.07. The molecule has 0 aromatic heterocycles. The molecule has 0 heterocycles. The van der Waals surface area contributed by atoms with Crippen molar-refractivity contribution in [2.24, 2.45) is 4.99 Å². The van der Waals surface area contributed by atoms with Gasteiger partial charge in [-0.05, 0) is 43.7 Å². The highest BCUT2D eigenvalue weighted by atomic mass is 16.3. The molecule has 2 aromatic rings. The van der Waals surface area contributed by atoms with E-state index in [-0.39, 0.29) is 11.7 Å². The number of carbonyl (C=O) groups excluding carboxylic acids is 1. The minimum absolute atomic E-state index is 0.143. The van der Waals surface area contributed by atoms with Gasteiger partial charge in [-0.1, -0.05) is 36.8 Å². The third kappa shape index (κ3) is 6.95. The molecule has 1 amide bonds. The molecule has 2 rings (SSSR count). The fourth-order valence-electron chi connectivity index (χ4n) is 2.64. The molecule has 0 aliphatic rings. The molecular formula is C22H30N4O2. The Labute approximate surface area is 167 Å². The van der Waals surface area contributed by atoms with Crippen LogP contribution in [-0.2, 0) is 0 Å². The first-order valence-corrected chi connectivity index (χ1v) is 9.65. The van der Waals surface area contributed by atoms with E-state index in [0.29, 0.717) is 31.1 Å². The number of phenols is 1. The maximum absolute atomic E-state index is 12.1. The average molecular weight is 383 g/mol. The van der Waals surface area contributed by atoms with Gasteiger partial charge in [0.05, 0.1) is 0 Å². The summed E-state index contributed by atoms with van der Waals surface area (Å²) in [5.74, 6) is 1.03. The molecular weight excluding hydrogens is 352 g/mol. The third-order valence-corrected chi connectivity index (χ3v) is 4.35. The van der Waals surface area contributed by atoms with Gasteiger partial charge in [-0.25, -0.2) is 0 Å². The number of benzene rings is 2. The second-order valence-electron chi connectivity index (χ2n) is 6.76. The summed E-state index contributed by atoms with van der Waals surface area (Å²) in [5.41, 5.74) is 3.04. The zero-order valence-electron chi connectivity index (χ0n) is 16.8. The van der Waals surface area contributed by atoms with E-state index in [1.807, 2.05) is 6.92 Å². The van der Waals surface area contributed by atoms with E-state index in [9.17, 15) is 9.90 Å². The molecule has 150 valence electrons. The van der Waals surface area contributed by atoms with Crippen molar-refractivity contribution < 1.29 is 9.90 Å². The number of hydrogen-bond acceptors (Lipinski definition) is 3. The number of guanidine groups is 1. The van der Waals surface area contributed by atoms with Crippen LogP contribution in [-0.4, -0.2) is 43.2 Å². The minimum Gasteiger partial charge on any atom is -0.508 e. The second kappa shape index (κ2) is 11.0. The van der Waals surface area contributed by atoms with E-state index in [0.717, 1.165) is 12.5 Å². The summed E-state index contributed by atoms with van der Waals surface area (Å²) in [6.07, 6.45) is 0. The largest absolute Gasteiger partial charge is 0.508 e. The molecule has 6 nitrogen and oxygen atoms in total. The molecule has 1 unspecified atom stereocenters. The van der Waals surface area contributed by atoms with Crippen molar-refractivity contribution in [3.8, 4) is 5.75 Å². The predicted molar refractivity (Wildman–Crippen MR) is 114 cm³/mol. The molecule has 6 heteroatoms. The standard InChI is InChI=1S/C22H30N4O2/c1-4-23-22(26-15-17(3)18-7-5-16(2)6-8-18)25-14-13-24-21(28)19-9-11-20(27)12-10-19/h5-12,17,27H,4,13-15H2,1-3H3,(H,24,28)(H2,23,25,26). The van der Waals surface area contributed by atoms with Crippen molar-refractivity contribution in [1.29, 1.82) is 0 Å². The SMILES string of the molecule is CCNC(=NCC(C)c1ccc(C)cc1)NCCNC(=O)c1ccc(O)cc1. The van der Waals surface area contributed by atoms with Crippen LogP contribution in [0.4, 0.5) is 0 Å². The van der Waals surface area contributed by atoms with E-state index in [1.165, 1.54) is 23.3 Å². The number of rotatable bonds is 8. The van der Waals surface area contributed by atoms with Crippen molar-refractivity contribution in [2.75, 3.05) is 26.2 Å². The maximum Gasteiger partial charge on any atom is 0.251 e. The van der Waals surface area contributed by atoms with Gasteiger partial charge in [0.1, 0.15) is 5.75 Å². The Morgan fingerprint density at radius 1 is 1.00 bits per heavy atom. The van der Waals surface area contributed by atoms with Gasteiger partial charge in [0.2, 0.25) is 0 Å². The van der Waals surface area contributed by atoms with Gasteiger partial charge in [0, 0.05) is 37.7 Å². The first-order chi connectivity index (χ1) is 13.5. The quantitative estimate of drug-likeness (QED) is 0.321. The lowest BCUT2D eigenvalue weighted by molar-refractivity contribution is 0.0954. The van der Waals surface area contributed by atoms with Gasteiger partial charge in [-0.2, -0.15) is 0 Å². The molecule has 0 aliphatic heterocycles. The fourth-order valence-corrected chi connectivity index (χ4v) is 2.64. The molecule has 0 bridgehead atoms. The Morgan fingerprint density at radius 3 is 2.29 bits per heavy atom. The van der Waals surface area contributed by atoms with Crippen molar-refractivity contribution in [3.05, 3.63) is 65.2 Å². The molecule has 4 N–H and O–H groups in total. The number of aliphatic imine (C=N–C) groups is 1. The Hall–Kier alpha value is -3.02. The van der Waals surface area contributed by atoms with E-state index >= 15 is 0 Å². The van der Waals surface area contributed by atoms with Crippen molar-refractivity contribution in [2.45, 2.75) is 26.7 Å². The number of hydrogen-bond donors (Lipinski definition) is 4. The number of phenolic OH excluding ortho intramolecular Hbond substituents is 1. The molecule has 28 heavy (non-hydrogen) atoms. The summed E-state index contributed by atoms with van der Waals surface area (Å²) >= 11 is 0. The Bertz CT molecular complexity index is 770. The van der Waals surface area contributed by atoms with Gasteiger partial charge < -0.3 is 21.1 Å². The Balaban J connectivity index is 1.79. The minimum atomic E-state index is -0.170. The first kappa shape index (κ1) is 21.3.